The molecule has 6 aromatic heterocycles. The molecule has 0 amide bonds. The number of hydrogen-bond acceptors (Lipinski definition) is 27. The van der Waals surface area contributed by atoms with E-state index in [9.17, 15) is 85.5 Å². The molecule has 6 heterocycles. The monoisotopic (exact) mass is 2180 g/mol. The first-order chi connectivity index (χ1) is 61.3. The molecule has 5 aromatic carbocycles. The second-order valence-corrected chi connectivity index (χ2v) is 37.3. The van der Waals surface area contributed by atoms with Crippen LogP contribution in [0.15, 0.2) is 177 Å². The number of halogens is 17. The number of nitrogens with one attached hydrogen (secondary N) is 5. The highest BCUT2D eigenvalue weighted by Gasteiger charge is 2.37. The Morgan fingerprint density at radius 2 is 0.809 bits per heavy atom. The Balaban J connectivity index is 0.000000208. The third-order valence-electron chi connectivity index (χ3n) is 17.8. The number of aromatic hydroxyl groups is 1. The molecule has 0 unspecified atom stereocenters. The van der Waals surface area contributed by atoms with Gasteiger partial charge in [-0.25, -0.2) is 96.9 Å². The van der Waals surface area contributed by atoms with Crippen LogP contribution in [0, 0.1) is 41.1 Å². The van der Waals surface area contributed by atoms with Gasteiger partial charge in [0.2, 0.25) is 43.7 Å². The summed E-state index contributed by atoms with van der Waals surface area (Å²) in [5, 5.41) is 36.7. The number of benzene rings is 5. The maximum absolute atomic E-state index is 13.4. The minimum absolute atomic E-state index is 0. The molecular weight excluding hydrogens is 2130 g/mol. The highest BCUT2D eigenvalue weighted by molar-refractivity contribution is 14.0. The first kappa shape index (κ1) is 104. The van der Waals surface area contributed by atoms with E-state index < -0.39 is 132 Å². The van der Waals surface area contributed by atoms with Crippen LogP contribution in [0.1, 0.15) is 86.0 Å². The lowest BCUT2D eigenvalue weighted by atomic mass is 9.82. The topological polar surface area (TPSA) is 513 Å². The van der Waals surface area contributed by atoms with Crippen molar-refractivity contribution in [1.82, 2.24) is 68.7 Å². The molecular formula is C74H56BCl10F6IN18O18S3. The van der Waals surface area contributed by atoms with E-state index in [2.05, 4.69) is 50.6 Å². The van der Waals surface area contributed by atoms with E-state index in [4.69, 9.17) is 161 Å². The Labute approximate surface area is 800 Å². The van der Waals surface area contributed by atoms with Gasteiger partial charge in [-0.15, -0.1) is 24.0 Å². The Morgan fingerprint density at radius 3 is 1.10 bits per heavy atom. The summed E-state index contributed by atoms with van der Waals surface area (Å²) in [6.45, 7) is 6.59. The third-order valence-corrected chi connectivity index (χ3v) is 24.0. The SMILES string of the molecule is ClB(Cl)Cl.I.N#CC1CC(NS(=O)(=O)c2cc(Oc3c(Cl)cc(-n4nc(C(F)F)c(=O)[nH]c4=O)cc3Cl)ncc2O)C1.N#CC1CC(NS(=O)(=O)c2cc(Oc3c(Cl)cc(-n4nc(C(F)F)c(=O)[nH]c4=O)cc3Cl)ncc2OCc2ccccc2)C1.O=c1[nH]c(=O)n(-c2cc(Cl)c(Oc3cc(S(=O)(=O)Cl)c(OCc4ccccc4)cn3)c(Cl)c2)nc1C(F)F.[C-]#[N+]C1CC(N)C1. The Hall–Kier alpha value is -10.3. The Morgan fingerprint density at radius 1 is 0.511 bits per heavy atom. The minimum atomic E-state index is -4.31. The van der Waals surface area contributed by atoms with Gasteiger partial charge < -0.3 is 39.4 Å². The number of ether oxygens (including phenoxy) is 5. The molecule has 11 aromatic rings. The maximum atomic E-state index is 13.4. The zero-order chi connectivity index (χ0) is 95.1. The van der Waals surface area contributed by atoms with Gasteiger partial charge in [-0.1, -0.05) is 130 Å². The smallest absolute Gasteiger partial charge is 0.450 e. The van der Waals surface area contributed by atoms with Crippen molar-refractivity contribution in [3.8, 4) is 81.3 Å². The summed E-state index contributed by atoms with van der Waals surface area (Å²) >= 11 is 51.9. The minimum Gasteiger partial charge on any atom is -0.505 e. The van der Waals surface area contributed by atoms with Gasteiger partial charge in [-0.05, 0) is 73.2 Å². The summed E-state index contributed by atoms with van der Waals surface area (Å²) < 4.78 is 190. The lowest BCUT2D eigenvalue weighted by Gasteiger charge is -2.31. The Bertz CT molecular complexity index is 6900. The predicted octanol–water partition coefficient (Wildman–Crippen LogP) is 14.7. The quantitative estimate of drug-likeness (QED) is 0.00918. The molecule has 3 aliphatic carbocycles. The van der Waals surface area contributed by atoms with Gasteiger partial charge in [0, 0.05) is 71.7 Å². The van der Waals surface area contributed by atoms with E-state index in [1.807, 2.05) is 18.2 Å². The van der Waals surface area contributed by atoms with Crippen LogP contribution >= 0.6 is 139 Å². The highest BCUT2D eigenvalue weighted by Crippen LogP contribution is 2.44. The van der Waals surface area contributed by atoms with Crippen molar-refractivity contribution < 1.29 is 80.4 Å². The number of rotatable bonds is 25. The molecule has 0 atom stereocenters. The molecule has 0 saturated heterocycles. The van der Waals surface area contributed by atoms with Gasteiger partial charge in [-0.3, -0.25) is 29.3 Å². The molecule has 690 valence electrons. The number of aromatic amines is 3. The van der Waals surface area contributed by atoms with Crippen molar-refractivity contribution in [1.29, 1.82) is 10.5 Å². The van der Waals surface area contributed by atoms with Gasteiger partial charge in [0.15, 0.2) is 51.6 Å². The molecule has 131 heavy (non-hydrogen) atoms. The summed E-state index contributed by atoms with van der Waals surface area (Å²) in [7, 11) is -7.14. The van der Waals surface area contributed by atoms with Gasteiger partial charge in [-0.2, -0.15) is 74.2 Å². The normalized spacial score (nSPS) is 16.0. The second-order valence-electron chi connectivity index (χ2n) is 27.0. The first-order valence-corrected chi connectivity index (χ1v) is 45.1. The molecule has 3 aliphatic rings. The highest BCUT2D eigenvalue weighted by atomic mass is 127. The summed E-state index contributed by atoms with van der Waals surface area (Å²) in [5.74, 6) is -2.92. The van der Waals surface area contributed by atoms with Crippen LogP contribution in [0.2, 0.25) is 30.1 Å². The van der Waals surface area contributed by atoms with Crippen LogP contribution in [0.3, 0.4) is 0 Å². The standard InChI is InChI=1S/C27H20Cl2F2N6O6S.C22H13Cl3F2N4O6S.C20H14Cl2F2N6O6S.C5H8N2.BCl3.HI/c28-18-8-17(37-27(39)34-26(38)23(35-37)25(30)31)9-19(29)24(18)43-22-10-21(44(40,41)36-16-6-15(7-16)11-32)20(12-33-22)42-13-14-4-2-1-3-5-14;23-13-6-12(31-22(33)29-21(32)18(30-31)20(26)27)7-14(24)19(13)37-17-8-16(38(25,34)35)15(9-28-17)36-10-11-4-2-1-3-5-11;21-11-3-10(30-20(33)27-19(32)16(28-30)18(23)24)4-12(22)17(11)36-15-5-14(13(31)7-26-15)37(34,35)29-9-1-8(2-9)6-25;1-7-5-2-4(6)3-5;2-1(3)4;/h1-5,8-10,12,15-16,25,36H,6-7,13H2,(H,34,38,39);1-9,20H,10H2,(H,29,32,33);3-5,7-9,18,29,31H,1-2H2,(H,27,32,33);4-5H,2-3,6H2;;1H. The van der Waals surface area contributed by atoms with Gasteiger partial charge >= 0.3 is 22.0 Å². The molecule has 3 saturated carbocycles. The number of sulfonamides is 2. The van der Waals surface area contributed by atoms with Crippen LogP contribution in [0.5, 0.6) is 52.1 Å². The number of nitrogens with zero attached hydrogens (tertiary/aromatic N) is 12. The number of nitrogens with two attached hydrogens (primary N) is 1. The number of pyridine rings is 3. The Kier molecular flexibility index (Phi) is 36.5. The molecule has 0 radical (unpaired) electrons. The first-order valence-electron chi connectivity index (χ1n) is 36.3. The van der Waals surface area contributed by atoms with E-state index in [0.717, 1.165) is 97.2 Å². The average Bonchev–Trinajstić information content (AvgIpc) is 0.808. The summed E-state index contributed by atoms with van der Waals surface area (Å²) in [6, 6.07) is 31.3. The third kappa shape index (κ3) is 27.7. The molecule has 0 bridgehead atoms. The van der Waals surface area contributed by atoms with Gasteiger partial charge in [0.1, 0.15) is 27.9 Å². The van der Waals surface area contributed by atoms with Crippen molar-refractivity contribution in [2.45, 2.75) is 110 Å². The summed E-state index contributed by atoms with van der Waals surface area (Å²) in [6.07, 6.45) is -3.51. The number of alkyl halides is 6. The molecule has 0 aliphatic heterocycles. The van der Waals surface area contributed by atoms with E-state index in [1.54, 1.807) is 63.5 Å². The van der Waals surface area contributed by atoms with Crippen molar-refractivity contribution in [3.05, 3.63) is 266 Å². The van der Waals surface area contributed by atoms with Crippen LogP contribution in [-0.4, -0.2) is 119 Å². The van der Waals surface area contributed by atoms with E-state index >= 15 is 0 Å². The largest absolute Gasteiger partial charge is 0.505 e. The fourth-order valence-corrected chi connectivity index (χ4v) is 16.8. The van der Waals surface area contributed by atoms with Crippen LogP contribution in [0.25, 0.3) is 21.9 Å². The molecule has 36 nitrogen and oxygen atoms in total. The van der Waals surface area contributed by atoms with Crippen LogP contribution in [0.4, 0.5) is 26.3 Å². The number of nitriles is 2. The molecule has 0 spiro atoms. The summed E-state index contributed by atoms with van der Waals surface area (Å²) in [5.41, 5.74) is -4.58. The van der Waals surface area contributed by atoms with E-state index in [0.29, 0.717) is 45.8 Å². The maximum Gasteiger partial charge on any atom is 0.450 e. The number of hydrogen-bond donors (Lipinski definition) is 7. The fourth-order valence-electron chi connectivity index (χ4n) is 11.4. The van der Waals surface area contributed by atoms with Crippen molar-refractivity contribution in [3.63, 3.8) is 0 Å². The number of H-pyrrole nitrogens is 3. The zero-order valence-corrected chi connectivity index (χ0v) is 77.5. The molecule has 3 fully saturated rings. The van der Waals surface area contributed by atoms with Crippen molar-refractivity contribution in [2.75, 3.05) is 0 Å². The van der Waals surface area contributed by atoms with Gasteiger partial charge in [0.05, 0.1) is 77.9 Å². The van der Waals surface area contributed by atoms with E-state index in [1.165, 1.54) is 0 Å². The van der Waals surface area contributed by atoms with Crippen molar-refractivity contribution in [2.24, 2.45) is 17.6 Å². The van der Waals surface area contributed by atoms with Crippen molar-refractivity contribution >= 4 is 173 Å². The molecule has 8 N–H and O–H groups in total. The lowest BCUT2D eigenvalue weighted by molar-refractivity contribution is 0.141. The molecule has 14 rings (SSSR count). The fraction of sp³-hybridized carbons (Fsp3) is 0.230. The van der Waals surface area contributed by atoms with Crippen LogP contribution in [-0.2, 0) is 42.3 Å². The van der Waals surface area contributed by atoms with E-state index in [-0.39, 0.29) is 154 Å². The van der Waals surface area contributed by atoms with Gasteiger partial charge in [0.25, 0.3) is 45.0 Å². The van der Waals surface area contributed by atoms with Crippen LogP contribution < -0.4 is 72.6 Å². The summed E-state index contributed by atoms with van der Waals surface area (Å²) in [4.78, 5) is 89.5. The predicted molar refractivity (Wildman–Crippen MR) is 477 cm³/mol. The molecule has 57 heteroatoms. The lowest BCUT2D eigenvalue weighted by Crippen LogP contribution is -2.43. The zero-order valence-electron chi connectivity index (χ0n) is 65.1. The average molecular weight is 2190 g/mol. The number of aromatic nitrogens is 12. The second kappa shape index (κ2) is 45.9.